The minimum absolute atomic E-state index is 0.0867. The van der Waals surface area contributed by atoms with Crippen LogP contribution in [0.2, 0.25) is 0 Å². The zero-order valence-corrected chi connectivity index (χ0v) is 18.2. The van der Waals surface area contributed by atoms with E-state index in [-0.39, 0.29) is 18.6 Å². The van der Waals surface area contributed by atoms with Crippen molar-refractivity contribution >= 4 is 23.0 Å². The van der Waals surface area contributed by atoms with Crippen molar-refractivity contribution in [3.63, 3.8) is 0 Å². The second kappa shape index (κ2) is 9.08. The summed E-state index contributed by atoms with van der Waals surface area (Å²) in [5, 5.41) is 20.5. The first-order valence-electron chi connectivity index (χ1n) is 10.5. The molecule has 1 saturated heterocycles. The highest BCUT2D eigenvalue weighted by Crippen LogP contribution is 2.28. The van der Waals surface area contributed by atoms with Crippen molar-refractivity contribution in [2.45, 2.75) is 23.5 Å². The molecule has 2 N–H and O–H groups in total. The molecule has 1 fully saturated rings. The monoisotopic (exact) mass is 449 g/mol. The van der Waals surface area contributed by atoms with E-state index >= 15 is 0 Å². The molecule has 0 spiro atoms. The number of benzene rings is 1. The molecule has 0 bridgehead atoms. The maximum absolute atomic E-state index is 13.0. The van der Waals surface area contributed by atoms with Crippen LogP contribution in [0.4, 0.5) is 0 Å². The Balaban J connectivity index is 1.43. The average Bonchev–Trinajstić information content (AvgIpc) is 3.52. The van der Waals surface area contributed by atoms with Gasteiger partial charge >= 0.3 is 0 Å². The third-order valence-corrected chi connectivity index (χ3v) is 7.17. The van der Waals surface area contributed by atoms with E-state index in [1.165, 1.54) is 0 Å². The fraction of sp³-hybridized carbons (Fsp3) is 0.318. The number of ether oxygens (including phenoxy) is 1. The zero-order valence-electron chi connectivity index (χ0n) is 17.3. The molecule has 3 unspecified atom stereocenters. The van der Waals surface area contributed by atoms with Crippen LogP contribution in [0.3, 0.4) is 0 Å². The van der Waals surface area contributed by atoms with Gasteiger partial charge in [-0.05, 0) is 30.0 Å². The number of nitrogens with one attached hydrogen (secondary N) is 2. The first-order chi connectivity index (χ1) is 15.7. The van der Waals surface area contributed by atoms with E-state index in [9.17, 15) is 9.47 Å². The Morgan fingerprint density at radius 2 is 2.22 bits per heavy atom. The lowest BCUT2D eigenvalue weighted by molar-refractivity contribution is 0.0752. The number of hydrogen-bond acceptors (Lipinski definition) is 7. The van der Waals surface area contributed by atoms with Crippen LogP contribution >= 0.6 is 0 Å². The molecular weight excluding hydrogens is 426 g/mol. The molecule has 1 aromatic carbocycles. The molecule has 32 heavy (non-hydrogen) atoms. The van der Waals surface area contributed by atoms with Crippen LogP contribution in [0.1, 0.15) is 23.6 Å². The van der Waals surface area contributed by atoms with Gasteiger partial charge in [-0.15, -0.1) is 0 Å². The Morgan fingerprint density at radius 1 is 1.34 bits per heavy atom. The van der Waals surface area contributed by atoms with Gasteiger partial charge in [-0.2, -0.15) is 10.4 Å². The smallest absolute Gasteiger partial charge is 0.148 e. The Kier molecular flexibility index (Phi) is 5.85. The largest absolute Gasteiger partial charge is 0.379 e. The standard InChI is InChI=1S/C22H23N7O2S/c23-6-4-20(16-2-1-3-18(12-16)32(30)28-8-10-31-11-9-28)29-14-17(13-27-29)21-19-5-7-24-22(19)26-15-25-21/h1-3,5,7,12-15,20,22,24H,4,8-11H2,(H,25,26). The SMILES string of the molecule is N#CCC(c1cccc(S(=O)N2CCOCC2)c1)n1cc(C2=C3C=CNC3N=CN2)cn1. The summed E-state index contributed by atoms with van der Waals surface area (Å²) in [4.78, 5) is 5.09. The molecule has 3 aliphatic rings. The van der Waals surface area contributed by atoms with Crippen molar-refractivity contribution in [1.82, 2.24) is 24.7 Å². The molecule has 0 saturated carbocycles. The van der Waals surface area contributed by atoms with E-state index in [0.717, 1.165) is 27.3 Å². The molecule has 5 rings (SSSR count). The molecule has 0 radical (unpaired) electrons. The maximum Gasteiger partial charge on any atom is 0.148 e. The van der Waals surface area contributed by atoms with Gasteiger partial charge in [0, 0.05) is 30.4 Å². The topological polar surface area (TPSA) is 108 Å². The predicted molar refractivity (Wildman–Crippen MR) is 120 cm³/mol. The zero-order chi connectivity index (χ0) is 21.9. The Morgan fingerprint density at radius 3 is 3.06 bits per heavy atom. The number of fused-ring (bicyclic) bond motifs is 1. The fourth-order valence-electron chi connectivity index (χ4n) is 4.04. The highest BCUT2D eigenvalue weighted by atomic mass is 32.2. The Hall–Kier alpha value is -3.26. The number of hydrogen-bond donors (Lipinski definition) is 2. The van der Waals surface area contributed by atoms with Crippen molar-refractivity contribution in [3.05, 3.63) is 65.6 Å². The number of aromatic nitrogens is 2. The predicted octanol–water partition coefficient (Wildman–Crippen LogP) is 1.53. The molecule has 164 valence electrons. The van der Waals surface area contributed by atoms with Crippen LogP contribution in [-0.4, -0.2) is 57.1 Å². The lowest BCUT2D eigenvalue weighted by Gasteiger charge is -2.25. The van der Waals surface area contributed by atoms with E-state index < -0.39 is 11.0 Å². The van der Waals surface area contributed by atoms with Gasteiger partial charge in [-0.3, -0.25) is 4.68 Å². The van der Waals surface area contributed by atoms with Gasteiger partial charge in [0.1, 0.15) is 17.2 Å². The molecule has 1 aromatic heterocycles. The molecule has 0 aliphatic carbocycles. The van der Waals surface area contributed by atoms with E-state index in [0.29, 0.717) is 26.3 Å². The van der Waals surface area contributed by atoms with Gasteiger partial charge in [0.25, 0.3) is 0 Å². The summed E-state index contributed by atoms with van der Waals surface area (Å²) in [5.74, 6) is 0. The molecule has 3 aliphatic heterocycles. The van der Waals surface area contributed by atoms with E-state index in [2.05, 4.69) is 26.8 Å². The van der Waals surface area contributed by atoms with Gasteiger partial charge in [-0.25, -0.2) is 13.5 Å². The number of nitriles is 1. The number of rotatable bonds is 6. The minimum Gasteiger partial charge on any atom is -0.379 e. The first kappa shape index (κ1) is 20.6. The molecule has 3 atom stereocenters. The van der Waals surface area contributed by atoms with Crippen LogP contribution in [0, 0.1) is 11.3 Å². The van der Waals surface area contributed by atoms with E-state index in [1.54, 1.807) is 17.2 Å². The van der Waals surface area contributed by atoms with Gasteiger partial charge in [0.15, 0.2) is 0 Å². The summed E-state index contributed by atoms with van der Waals surface area (Å²) in [6, 6.07) is 9.61. The lowest BCUT2D eigenvalue weighted by atomic mass is 10.0. The summed E-state index contributed by atoms with van der Waals surface area (Å²) in [6.45, 7) is 2.44. The average molecular weight is 450 g/mol. The summed E-state index contributed by atoms with van der Waals surface area (Å²) in [7, 11) is -1.26. The van der Waals surface area contributed by atoms with Gasteiger partial charge < -0.3 is 15.4 Å². The van der Waals surface area contributed by atoms with Crippen molar-refractivity contribution in [3.8, 4) is 6.07 Å². The summed E-state index contributed by atoms with van der Waals surface area (Å²) < 4.78 is 22.1. The van der Waals surface area contributed by atoms with Gasteiger partial charge in [-0.1, -0.05) is 12.1 Å². The van der Waals surface area contributed by atoms with Crippen molar-refractivity contribution in [2.75, 3.05) is 26.3 Å². The second-order valence-electron chi connectivity index (χ2n) is 7.61. The highest BCUT2D eigenvalue weighted by Gasteiger charge is 2.25. The Bertz CT molecular complexity index is 1160. The number of aliphatic imine (C=N–C) groups is 1. The minimum atomic E-state index is -1.26. The highest BCUT2D eigenvalue weighted by molar-refractivity contribution is 7.82. The van der Waals surface area contributed by atoms with Crippen molar-refractivity contribution in [2.24, 2.45) is 4.99 Å². The molecular formula is C22H23N7O2S. The van der Waals surface area contributed by atoms with E-state index in [4.69, 9.17) is 4.74 Å². The van der Waals surface area contributed by atoms with Gasteiger partial charge in [0.2, 0.25) is 0 Å². The van der Waals surface area contributed by atoms with Crippen molar-refractivity contribution < 1.29 is 8.95 Å². The normalized spacial score (nSPS) is 22.0. The summed E-state index contributed by atoms with van der Waals surface area (Å²) in [5.41, 5.74) is 3.80. The van der Waals surface area contributed by atoms with Crippen LogP contribution in [-0.2, 0) is 15.7 Å². The molecule has 0 amide bonds. The fourth-order valence-corrected chi connectivity index (χ4v) is 5.25. The van der Waals surface area contributed by atoms with Crippen LogP contribution in [0.15, 0.2) is 64.4 Å². The third kappa shape index (κ3) is 3.98. The van der Waals surface area contributed by atoms with E-state index in [1.807, 2.05) is 47.0 Å². The summed E-state index contributed by atoms with van der Waals surface area (Å²) in [6.07, 6.45) is 9.45. The van der Waals surface area contributed by atoms with Gasteiger partial charge in [0.05, 0.1) is 54.9 Å². The molecule has 2 aromatic rings. The number of morpholine rings is 1. The Labute approximate surface area is 188 Å². The lowest BCUT2D eigenvalue weighted by Crippen LogP contribution is -2.37. The third-order valence-electron chi connectivity index (χ3n) is 5.68. The van der Waals surface area contributed by atoms with Crippen molar-refractivity contribution in [1.29, 1.82) is 5.26 Å². The molecule has 4 heterocycles. The van der Waals surface area contributed by atoms with Crippen LogP contribution < -0.4 is 10.6 Å². The maximum atomic E-state index is 13.0. The summed E-state index contributed by atoms with van der Waals surface area (Å²) >= 11 is 0. The van der Waals surface area contributed by atoms with Crippen LogP contribution in [0.25, 0.3) is 5.70 Å². The first-order valence-corrected chi connectivity index (χ1v) is 11.6. The molecule has 9 nitrogen and oxygen atoms in total. The van der Waals surface area contributed by atoms with Crippen LogP contribution in [0.5, 0.6) is 0 Å². The quantitative estimate of drug-likeness (QED) is 0.693. The number of nitrogens with zero attached hydrogens (tertiary/aromatic N) is 5. The second-order valence-corrected chi connectivity index (χ2v) is 9.09. The molecule has 10 heteroatoms.